The standard InChI is InChI=1S/C18H20N4O2S/c1-10-6-7-12(16(19)23)15(20-10)17-21-13-8-22(9-14(13)25-17)18(24)11-4-2-3-5-11/h6-7,11H,2-5,8-9H2,1H3,(H2,19,23). The number of carbonyl (C=O) groups excluding carboxylic acids is 2. The Balaban J connectivity index is 1.58. The fourth-order valence-electron chi connectivity index (χ4n) is 3.65. The van der Waals surface area contributed by atoms with Gasteiger partial charge in [0.2, 0.25) is 5.91 Å². The molecule has 0 bridgehead atoms. The van der Waals surface area contributed by atoms with Crippen molar-refractivity contribution in [1.29, 1.82) is 0 Å². The Labute approximate surface area is 150 Å². The SMILES string of the molecule is Cc1ccc(C(N)=O)c(-c2nc3c(s2)CN(C(=O)C2CCCC2)C3)n1. The number of hydrogen-bond acceptors (Lipinski definition) is 5. The van der Waals surface area contributed by atoms with E-state index in [9.17, 15) is 9.59 Å². The van der Waals surface area contributed by atoms with Gasteiger partial charge in [0.15, 0.2) is 0 Å². The number of aromatic nitrogens is 2. The van der Waals surface area contributed by atoms with Gasteiger partial charge in [-0.25, -0.2) is 9.97 Å². The number of thiazole rings is 1. The number of rotatable bonds is 3. The third-order valence-electron chi connectivity index (χ3n) is 4.97. The monoisotopic (exact) mass is 356 g/mol. The summed E-state index contributed by atoms with van der Waals surface area (Å²) in [5, 5.41) is 0.704. The molecule has 2 N–H and O–H groups in total. The van der Waals surface area contributed by atoms with Gasteiger partial charge >= 0.3 is 0 Å². The summed E-state index contributed by atoms with van der Waals surface area (Å²) >= 11 is 1.50. The molecule has 0 atom stereocenters. The predicted octanol–water partition coefficient (Wildman–Crippen LogP) is 2.64. The number of nitrogens with two attached hydrogens (primary N) is 1. The average Bonchev–Trinajstić information content (AvgIpc) is 3.29. The minimum Gasteiger partial charge on any atom is -0.366 e. The van der Waals surface area contributed by atoms with Crippen LogP contribution in [-0.4, -0.2) is 26.7 Å². The molecule has 0 unspecified atom stereocenters. The summed E-state index contributed by atoms with van der Waals surface area (Å²) in [6, 6.07) is 3.47. The average molecular weight is 356 g/mol. The molecule has 1 fully saturated rings. The molecular formula is C18H20N4O2S. The number of carbonyl (C=O) groups is 2. The third-order valence-corrected chi connectivity index (χ3v) is 6.06. The lowest BCUT2D eigenvalue weighted by atomic mass is 10.1. The Morgan fingerprint density at radius 2 is 1.96 bits per heavy atom. The van der Waals surface area contributed by atoms with Gasteiger partial charge in [0.1, 0.15) is 10.7 Å². The zero-order chi connectivity index (χ0) is 17.6. The van der Waals surface area contributed by atoms with Gasteiger partial charge in [-0.2, -0.15) is 0 Å². The summed E-state index contributed by atoms with van der Waals surface area (Å²) < 4.78 is 0. The van der Waals surface area contributed by atoms with Crippen LogP contribution in [-0.2, 0) is 17.9 Å². The van der Waals surface area contributed by atoms with E-state index in [2.05, 4.69) is 9.97 Å². The van der Waals surface area contributed by atoms with E-state index in [4.69, 9.17) is 5.73 Å². The zero-order valence-electron chi connectivity index (χ0n) is 14.1. The van der Waals surface area contributed by atoms with E-state index in [0.717, 1.165) is 41.9 Å². The minimum absolute atomic E-state index is 0.188. The van der Waals surface area contributed by atoms with Crippen LogP contribution in [0.3, 0.4) is 0 Å². The summed E-state index contributed by atoms with van der Waals surface area (Å²) in [6.45, 7) is 3.04. The number of amides is 2. The third kappa shape index (κ3) is 2.93. The lowest BCUT2D eigenvalue weighted by Gasteiger charge is -2.19. The Kier molecular flexibility index (Phi) is 4.03. The molecule has 4 rings (SSSR count). The Bertz CT molecular complexity index is 831. The molecule has 2 aliphatic rings. The molecule has 1 aliphatic heterocycles. The second kappa shape index (κ2) is 6.22. The molecule has 2 aromatic heterocycles. The maximum atomic E-state index is 12.6. The predicted molar refractivity (Wildman–Crippen MR) is 94.8 cm³/mol. The van der Waals surface area contributed by atoms with Crippen molar-refractivity contribution < 1.29 is 9.59 Å². The van der Waals surface area contributed by atoms with Gasteiger partial charge < -0.3 is 10.6 Å². The maximum Gasteiger partial charge on any atom is 0.251 e. The van der Waals surface area contributed by atoms with Gasteiger partial charge in [0.05, 0.1) is 24.3 Å². The second-order valence-electron chi connectivity index (χ2n) is 6.78. The molecular weight excluding hydrogens is 336 g/mol. The van der Waals surface area contributed by atoms with E-state index in [-0.39, 0.29) is 11.8 Å². The van der Waals surface area contributed by atoms with Crippen molar-refractivity contribution in [3.63, 3.8) is 0 Å². The van der Waals surface area contributed by atoms with Crippen LogP contribution in [0.4, 0.5) is 0 Å². The van der Waals surface area contributed by atoms with Gasteiger partial charge in [-0.1, -0.05) is 12.8 Å². The Hall–Kier alpha value is -2.28. The number of nitrogens with zero attached hydrogens (tertiary/aromatic N) is 3. The molecule has 0 radical (unpaired) electrons. The fraction of sp³-hybridized carbons (Fsp3) is 0.444. The summed E-state index contributed by atoms with van der Waals surface area (Å²) in [5.74, 6) is -0.0555. The second-order valence-corrected chi connectivity index (χ2v) is 7.86. The van der Waals surface area contributed by atoms with Crippen LogP contribution in [0.1, 0.15) is 52.3 Å². The highest BCUT2D eigenvalue weighted by Gasteiger charge is 2.33. The van der Waals surface area contributed by atoms with Gasteiger partial charge in [0.25, 0.3) is 5.91 Å². The molecule has 1 saturated carbocycles. The van der Waals surface area contributed by atoms with Crippen LogP contribution in [0, 0.1) is 12.8 Å². The molecule has 6 nitrogen and oxygen atoms in total. The summed E-state index contributed by atoms with van der Waals surface area (Å²) in [4.78, 5) is 36.4. The molecule has 0 saturated heterocycles. The van der Waals surface area contributed by atoms with Gasteiger partial charge in [0, 0.05) is 16.5 Å². The topological polar surface area (TPSA) is 89.2 Å². The van der Waals surface area contributed by atoms with Crippen LogP contribution >= 0.6 is 11.3 Å². The first-order chi connectivity index (χ1) is 12.0. The van der Waals surface area contributed by atoms with E-state index < -0.39 is 5.91 Å². The van der Waals surface area contributed by atoms with E-state index in [1.165, 1.54) is 11.3 Å². The van der Waals surface area contributed by atoms with E-state index in [1.54, 1.807) is 12.1 Å². The number of fused-ring (bicyclic) bond motifs is 1. The van der Waals surface area contributed by atoms with Crippen molar-refractivity contribution in [2.24, 2.45) is 11.7 Å². The van der Waals surface area contributed by atoms with Crippen LogP contribution in [0.25, 0.3) is 10.7 Å². The highest BCUT2D eigenvalue weighted by atomic mass is 32.1. The van der Waals surface area contributed by atoms with Crippen molar-refractivity contribution in [3.8, 4) is 10.7 Å². The molecule has 1 aliphatic carbocycles. The highest BCUT2D eigenvalue weighted by molar-refractivity contribution is 7.15. The van der Waals surface area contributed by atoms with Gasteiger partial charge in [-0.3, -0.25) is 9.59 Å². The van der Waals surface area contributed by atoms with E-state index >= 15 is 0 Å². The van der Waals surface area contributed by atoms with Crippen molar-refractivity contribution in [3.05, 3.63) is 34.0 Å². The summed E-state index contributed by atoms with van der Waals surface area (Å²) in [5.41, 5.74) is 8.13. The number of aryl methyl sites for hydroxylation is 1. The molecule has 2 amide bonds. The number of primary amides is 1. The van der Waals surface area contributed by atoms with Crippen LogP contribution in [0.2, 0.25) is 0 Å². The quantitative estimate of drug-likeness (QED) is 0.915. The zero-order valence-corrected chi connectivity index (χ0v) is 14.9. The molecule has 2 aromatic rings. The fourth-order valence-corrected chi connectivity index (χ4v) is 4.74. The number of pyridine rings is 1. The Morgan fingerprint density at radius 3 is 2.64 bits per heavy atom. The van der Waals surface area contributed by atoms with E-state index in [0.29, 0.717) is 29.4 Å². The first-order valence-corrected chi connectivity index (χ1v) is 9.40. The summed E-state index contributed by atoms with van der Waals surface area (Å²) in [7, 11) is 0. The number of hydrogen-bond donors (Lipinski definition) is 1. The largest absolute Gasteiger partial charge is 0.366 e. The first-order valence-electron chi connectivity index (χ1n) is 8.58. The van der Waals surface area contributed by atoms with E-state index in [1.807, 2.05) is 11.8 Å². The lowest BCUT2D eigenvalue weighted by Crippen LogP contribution is -2.30. The van der Waals surface area contributed by atoms with Crippen LogP contribution in [0.15, 0.2) is 12.1 Å². The molecule has 0 aromatic carbocycles. The minimum atomic E-state index is -0.504. The van der Waals surface area contributed by atoms with Crippen LogP contribution < -0.4 is 5.73 Å². The lowest BCUT2D eigenvalue weighted by molar-refractivity contribution is -0.135. The first kappa shape index (κ1) is 16.2. The van der Waals surface area contributed by atoms with Crippen molar-refractivity contribution in [1.82, 2.24) is 14.9 Å². The maximum absolute atomic E-state index is 12.6. The molecule has 7 heteroatoms. The molecule has 130 valence electrons. The van der Waals surface area contributed by atoms with Crippen molar-refractivity contribution in [2.45, 2.75) is 45.7 Å². The Morgan fingerprint density at radius 1 is 1.20 bits per heavy atom. The van der Waals surface area contributed by atoms with Crippen molar-refractivity contribution >= 4 is 23.2 Å². The van der Waals surface area contributed by atoms with Gasteiger partial charge in [-0.15, -0.1) is 11.3 Å². The molecule has 25 heavy (non-hydrogen) atoms. The molecule has 3 heterocycles. The summed E-state index contributed by atoms with van der Waals surface area (Å²) in [6.07, 6.45) is 4.33. The normalized spacial score (nSPS) is 17.1. The highest BCUT2D eigenvalue weighted by Crippen LogP contribution is 2.36. The van der Waals surface area contributed by atoms with Gasteiger partial charge in [-0.05, 0) is 31.9 Å². The van der Waals surface area contributed by atoms with Crippen LogP contribution in [0.5, 0.6) is 0 Å². The smallest absolute Gasteiger partial charge is 0.251 e. The molecule has 0 spiro atoms. The van der Waals surface area contributed by atoms with Crippen molar-refractivity contribution in [2.75, 3.05) is 0 Å².